The van der Waals surface area contributed by atoms with Crippen LogP contribution in [0.4, 0.5) is 0 Å². The zero-order valence-corrected chi connectivity index (χ0v) is 15.0. The predicted molar refractivity (Wildman–Crippen MR) is 91.6 cm³/mol. The minimum absolute atomic E-state index is 0.0122. The maximum absolute atomic E-state index is 10.8. The van der Waals surface area contributed by atoms with Crippen LogP contribution < -0.4 is 0 Å². The van der Waals surface area contributed by atoms with Crippen LogP contribution in [0, 0.1) is 0 Å². The summed E-state index contributed by atoms with van der Waals surface area (Å²) in [6.45, 7) is -0.602. The number of hydrogen-bond donors (Lipinski definition) is 5. The first-order chi connectivity index (χ1) is 12.2. The van der Waals surface area contributed by atoms with Gasteiger partial charge in [-0.2, -0.15) is 8.42 Å². The number of benzene rings is 1. The minimum Gasteiger partial charge on any atom is -0.394 e. The van der Waals surface area contributed by atoms with Crippen LogP contribution >= 0.6 is 11.8 Å². The number of thioether (sulfide) groups is 1. The fourth-order valence-electron chi connectivity index (χ4n) is 2.25. The number of nitrogens with zero attached hydrogens (tertiary/aromatic N) is 1. The molecule has 1 saturated heterocycles. The zero-order chi connectivity index (χ0) is 19.3. The SMILES string of the molecule is O=S(=O)(O)O/N=C(\Cc1ccccc1)S[C@@H]1O[C@H](CO)[C@@H](O)[C@H](O)[C@H]1O. The summed E-state index contributed by atoms with van der Waals surface area (Å²) >= 11 is 0.729. The van der Waals surface area contributed by atoms with E-state index in [4.69, 9.17) is 9.29 Å². The first kappa shape index (κ1) is 21.1. The van der Waals surface area contributed by atoms with Crippen LogP contribution in [0.5, 0.6) is 0 Å². The molecule has 1 aliphatic rings. The van der Waals surface area contributed by atoms with Crippen molar-refractivity contribution < 1.29 is 42.4 Å². The molecule has 10 nitrogen and oxygen atoms in total. The topological polar surface area (TPSA) is 166 Å². The van der Waals surface area contributed by atoms with E-state index in [9.17, 15) is 28.8 Å². The molecule has 1 aromatic rings. The number of aliphatic hydroxyl groups excluding tert-OH is 4. The number of hydrogen-bond acceptors (Lipinski definition) is 10. The van der Waals surface area contributed by atoms with Crippen LogP contribution in [-0.2, 0) is 25.8 Å². The van der Waals surface area contributed by atoms with Crippen molar-refractivity contribution in [2.24, 2.45) is 5.16 Å². The van der Waals surface area contributed by atoms with E-state index in [0.717, 1.165) is 17.3 Å². The van der Waals surface area contributed by atoms with Gasteiger partial charge < -0.3 is 25.2 Å². The Morgan fingerprint density at radius 2 is 1.81 bits per heavy atom. The maximum atomic E-state index is 10.8. The van der Waals surface area contributed by atoms with Crippen molar-refractivity contribution in [3.8, 4) is 0 Å². The van der Waals surface area contributed by atoms with Gasteiger partial charge in [0, 0.05) is 6.42 Å². The average molecular weight is 409 g/mol. The van der Waals surface area contributed by atoms with E-state index in [-0.39, 0.29) is 11.5 Å². The lowest BCUT2D eigenvalue weighted by atomic mass is 10.0. The monoisotopic (exact) mass is 409 g/mol. The molecule has 146 valence electrons. The second-order valence-corrected chi connectivity index (χ2v) is 7.64. The minimum atomic E-state index is -4.83. The first-order valence-corrected chi connectivity index (χ1v) is 9.69. The van der Waals surface area contributed by atoms with E-state index in [1.807, 2.05) is 0 Å². The largest absolute Gasteiger partial charge is 0.466 e. The molecule has 0 radical (unpaired) electrons. The lowest BCUT2D eigenvalue weighted by molar-refractivity contribution is -0.205. The van der Waals surface area contributed by atoms with Crippen LogP contribution in [0.3, 0.4) is 0 Å². The molecule has 0 spiro atoms. The summed E-state index contributed by atoms with van der Waals surface area (Å²) in [7, 11) is -4.83. The van der Waals surface area contributed by atoms with Crippen molar-refractivity contribution in [3.05, 3.63) is 35.9 Å². The Kier molecular flexibility index (Phi) is 7.37. The van der Waals surface area contributed by atoms with Gasteiger partial charge in [0.05, 0.1) is 6.61 Å². The number of rotatable bonds is 6. The van der Waals surface area contributed by atoms with E-state index in [1.54, 1.807) is 30.3 Å². The Labute approximate surface area is 154 Å². The lowest BCUT2D eigenvalue weighted by Gasteiger charge is -2.39. The molecule has 0 aromatic heterocycles. The highest BCUT2D eigenvalue weighted by Crippen LogP contribution is 2.30. The quantitative estimate of drug-likeness (QED) is 0.168. The summed E-state index contributed by atoms with van der Waals surface area (Å²) in [4.78, 5) is 0. The Morgan fingerprint density at radius 3 is 2.38 bits per heavy atom. The second-order valence-electron chi connectivity index (χ2n) is 5.46. The smallest absolute Gasteiger partial charge is 0.394 e. The van der Waals surface area contributed by atoms with Crippen molar-refractivity contribution in [3.63, 3.8) is 0 Å². The lowest BCUT2D eigenvalue weighted by Crippen LogP contribution is -2.57. The number of ether oxygens (including phenoxy) is 1. The van der Waals surface area contributed by atoms with Gasteiger partial charge in [0.15, 0.2) is 0 Å². The third-order valence-corrected chi connectivity index (χ3v) is 4.91. The molecule has 26 heavy (non-hydrogen) atoms. The van der Waals surface area contributed by atoms with Gasteiger partial charge in [-0.15, -0.1) is 0 Å². The van der Waals surface area contributed by atoms with E-state index < -0.39 is 46.9 Å². The molecule has 0 aliphatic carbocycles. The van der Waals surface area contributed by atoms with Crippen LogP contribution in [-0.4, -0.2) is 74.9 Å². The summed E-state index contributed by atoms with van der Waals surface area (Å²) in [6.07, 6.45) is -5.68. The molecule has 5 N–H and O–H groups in total. The Morgan fingerprint density at radius 1 is 1.15 bits per heavy atom. The van der Waals surface area contributed by atoms with Gasteiger partial charge >= 0.3 is 10.4 Å². The van der Waals surface area contributed by atoms with E-state index >= 15 is 0 Å². The molecule has 12 heteroatoms. The molecular weight excluding hydrogens is 390 g/mol. The van der Waals surface area contributed by atoms with Crippen LogP contribution in [0.1, 0.15) is 5.56 Å². The predicted octanol–water partition coefficient (Wildman–Crippen LogP) is -1.10. The average Bonchev–Trinajstić information content (AvgIpc) is 2.60. The zero-order valence-electron chi connectivity index (χ0n) is 13.3. The molecule has 2 rings (SSSR count). The fourth-order valence-corrected chi connectivity index (χ4v) is 3.58. The van der Waals surface area contributed by atoms with Gasteiger partial charge in [-0.25, -0.2) is 4.28 Å². The standard InChI is InChI=1S/C14H19NO9S2/c16-7-9-11(17)12(18)13(19)14(23-9)25-10(15-24-26(20,21)22)6-8-4-2-1-3-5-8/h1-5,9,11-14,16-19H,6-7H2,(H,20,21,22)/b15-10+/t9-,11-,12+,13-,14+/m1/s1. The van der Waals surface area contributed by atoms with Crippen LogP contribution in [0.2, 0.25) is 0 Å². The summed E-state index contributed by atoms with van der Waals surface area (Å²) in [5.41, 5.74) is -0.444. The van der Waals surface area contributed by atoms with Gasteiger partial charge in [-0.1, -0.05) is 47.2 Å². The summed E-state index contributed by atoms with van der Waals surface area (Å²) in [6, 6.07) is 8.73. The van der Waals surface area contributed by atoms with Crippen molar-refractivity contribution in [2.45, 2.75) is 36.3 Å². The van der Waals surface area contributed by atoms with Crippen molar-refractivity contribution in [1.82, 2.24) is 0 Å². The van der Waals surface area contributed by atoms with Gasteiger partial charge in [0.1, 0.15) is 34.9 Å². The molecule has 1 heterocycles. The van der Waals surface area contributed by atoms with Crippen molar-refractivity contribution in [1.29, 1.82) is 0 Å². The molecule has 0 amide bonds. The highest BCUT2D eigenvalue weighted by Gasteiger charge is 2.44. The van der Waals surface area contributed by atoms with Crippen molar-refractivity contribution >= 4 is 27.2 Å². The molecule has 1 aliphatic heterocycles. The van der Waals surface area contributed by atoms with Gasteiger partial charge in [0.2, 0.25) is 0 Å². The molecule has 0 unspecified atom stereocenters. The van der Waals surface area contributed by atoms with Crippen molar-refractivity contribution in [2.75, 3.05) is 6.61 Å². The fraction of sp³-hybridized carbons (Fsp3) is 0.500. The Bertz CT molecular complexity index is 710. The van der Waals surface area contributed by atoms with Crippen LogP contribution in [0.15, 0.2) is 35.5 Å². The highest BCUT2D eigenvalue weighted by molar-refractivity contribution is 8.14. The molecular formula is C14H19NO9S2. The van der Waals surface area contributed by atoms with E-state index in [0.29, 0.717) is 0 Å². The van der Waals surface area contributed by atoms with E-state index in [2.05, 4.69) is 9.44 Å². The normalized spacial score (nSPS) is 30.2. The van der Waals surface area contributed by atoms with E-state index in [1.165, 1.54) is 0 Å². The molecule has 1 aromatic carbocycles. The first-order valence-electron chi connectivity index (χ1n) is 7.45. The summed E-state index contributed by atoms with van der Waals surface area (Å²) < 4.78 is 39.6. The summed E-state index contributed by atoms with van der Waals surface area (Å²) in [5, 5.41) is 42.2. The molecule has 1 fully saturated rings. The molecule has 0 bridgehead atoms. The number of oxime groups is 1. The molecule has 0 saturated carbocycles. The Hall–Kier alpha value is -1.25. The van der Waals surface area contributed by atoms with Crippen LogP contribution in [0.25, 0.3) is 0 Å². The highest BCUT2D eigenvalue weighted by atomic mass is 32.3. The third kappa shape index (κ3) is 5.89. The molecule has 5 atom stereocenters. The van der Waals surface area contributed by atoms with Gasteiger partial charge in [0.25, 0.3) is 0 Å². The maximum Gasteiger partial charge on any atom is 0.466 e. The summed E-state index contributed by atoms with van der Waals surface area (Å²) in [5.74, 6) is 0. The number of aliphatic hydroxyl groups is 4. The van der Waals surface area contributed by atoms with Gasteiger partial charge in [-0.3, -0.25) is 4.55 Å². The second kappa shape index (κ2) is 9.10. The third-order valence-electron chi connectivity index (χ3n) is 3.53. The Balaban J connectivity index is 2.19. The van der Waals surface area contributed by atoms with Gasteiger partial charge in [-0.05, 0) is 5.56 Å².